The van der Waals surface area contributed by atoms with Crippen LogP contribution >= 0.6 is 0 Å². The van der Waals surface area contributed by atoms with E-state index in [4.69, 9.17) is 4.74 Å². The Morgan fingerprint density at radius 1 is 1.04 bits per heavy atom. The average Bonchev–Trinajstić information content (AvgIpc) is 2.72. The van der Waals surface area contributed by atoms with Crippen molar-refractivity contribution >= 4 is 11.6 Å². The number of carbonyl (C=O) groups is 1. The number of hydrogen-bond acceptors (Lipinski definition) is 3. The zero-order valence-electron chi connectivity index (χ0n) is 16.5. The van der Waals surface area contributed by atoms with Gasteiger partial charge in [-0.15, -0.1) is 0 Å². The fraction of sp³-hybridized carbons (Fsp3) is 0.458. The lowest BCUT2D eigenvalue weighted by atomic mass is 9.86. The Balaban J connectivity index is 1.23. The van der Waals surface area contributed by atoms with Crippen LogP contribution < -0.4 is 15.4 Å². The zero-order valence-corrected chi connectivity index (χ0v) is 16.5. The van der Waals surface area contributed by atoms with E-state index in [1.165, 1.54) is 30.4 Å². The lowest BCUT2D eigenvalue weighted by Crippen LogP contribution is -2.38. The van der Waals surface area contributed by atoms with Crippen LogP contribution in [0.25, 0.3) is 0 Å². The summed E-state index contributed by atoms with van der Waals surface area (Å²) in [7, 11) is 0. The number of aryl methyl sites for hydroxylation is 1. The summed E-state index contributed by atoms with van der Waals surface area (Å²) in [6.07, 6.45) is 7.20. The van der Waals surface area contributed by atoms with E-state index in [2.05, 4.69) is 47.0 Å². The molecule has 1 amide bonds. The van der Waals surface area contributed by atoms with Gasteiger partial charge in [-0.3, -0.25) is 4.79 Å². The molecular weight excluding hydrogens is 348 g/mol. The van der Waals surface area contributed by atoms with Gasteiger partial charge in [-0.05, 0) is 68.2 Å². The summed E-state index contributed by atoms with van der Waals surface area (Å²) in [6, 6.07) is 17.5. The number of anilines is 1. The smallest absolute Gasteiger partial charge is 0.224 e. The van der Waals surface area contributed by atoms with Gasteiger partial charge in [0.25, 0.3) is 0 Å². The van der Waals surface area contributed by atoms with Gasteiger partial charge in [0.1, 0.15) is 5.75 Å². The van der Waals surface area contributed by atoms with Crippen molar-refractivity contribution in [1.82, 2.24) is 5.32 Å². The van der Waals surface area contributed by atoms with Crippen molar-refractivity contribution in [3.05, 3.63) is 59.7 Å². The first-order chi connectivity index (χ1) is 13.8. The Kier molecular flexibility index (Phi) is 6.27. The predicted molar refractivity (Wildman–Crippen MR) is 113 cm³/mol. The van der Waals surface area contributed by atoms with Gasteiger partial charge in [-0.1, -0.05) is 42.5 Å². The van der Waals surface area contributed by atoms with E-state index in [9.17, 15) is 4.79 Å². The first-order valence-electron chi connectivity index (χ1n) is 10.6. The number of piperidine rings is 1. The quantitative estimate of drug-likeness (QED) is 0.705. The Hall–Kier alpha value is -2.33. The molecule has 1 saturated heterocycles. The van der Waals surface area contributed by atoms with Crippen molar-refractivity contribution in [2.45, 2.75) is 51.0 Å². The molecule has 2 aliphatic heterocycles. The van der Waals surface area contributed by atoms with Crippen molar-refractivity contribution in [1.29, 1.82) is 0 Å². The third kappa shape index (κ3) is 4.93. The van der Waals surface area contributed by atoms with Crippen molar-refractivity contribution in [3.8, 4) is 5.75 Å². The number of ether oxygens (including phenoxy) is 1. The van der Waals surface area contributed by atoms with Gasteiger partial charge in [-0.2, -0.15) is 0 Å². The third-order valence-electron chi connectivity index (χ3n) is 5.92. The Labute approximate surface area is 167 Å². The van der Waals surface area contributed by atoms with Gasteiger partial charge >= 0.3 is 0 Å². The molecule has 0 aliphatic carbocycles. The van der Waals surface area contributed by atoms with E-state index in [1.807, 2.05) is 12.1 Å². The summed E-state index contributed by atoms with van der Waals surface area (Å²) >= 11 is 0. The number of hydrogen-bond donors (Lipinski definition) is 2. The maximum absolute atomic E-state index is 11.7. The van der Waals surface area contributed by atoms with Crippen LogP contribution in [-0.2, 0) is 17.6 Å². The molecule has 2 heterocycles. The number of nitrogens with one attached hydrogen (secondary N) is 2. The van der Waals surface area contributed by atoms with Gasteiger partial charge in [0.2, 0.25) is 5.91 Å². The topological polar surface area (TPSA) is 50.4 Å². The molecule has 4 nitrogen and oxygen atoms in total. The van der Waals surface area contributed by atoms with Crippen LogP contribution in [-0.4, -0.2) is 25.1 Å². The standard InChI is InChI=1S/C24H30N2O2/c27-23-12-11-20-8-4-10-22(24(20)26-23)28-15-5-9-21-17-19(13-14-25-21)16-18-6-2-1-3-7-18/h1-4,6-8,10,19,21,25H,5,9,11-17H2,(H,26,27). The molecule has 0 radical (unpaired) electrons. The van der Waals surface area contributed by atoms with Crippen LogP contribution in [0.15, 0.2) is 48.5 Å². The van der Waals surface area contributed by atoms with Crippen LogP contribution in [0, 0.1) is 5.92 Å². The van der Waals surface area contributed by atoms with E-state index in [0.717, 1.165) is 43.2 Å². The van der Waals surface area contributed by atoms with Crippen molar-refractivity contribution in [2.75, 3.05) is 18.5 Å². The monoisotopic (exact) mass is 378 g/mol. The van der Waals surface area contributed by atoms with Crippen molar-refractivity contribution < 1.29 is 9.53 Å². The van der Waals surface area contributed by atoms with Gasteiger partial charge in [0, 0.05) is 12.5 Å². The van der Waals surface area contributed by atoms with Crippen molar-refractivity contribution in [2.24, 2.45) is 5.92 Å². The average molecular weight is 379 g/mol. The second kappa shape index (κ2) is 9.24. The van der Waals surface area contributed by atoms with Gasteiger partial charge in [0.05, 0.1) is 12.3 Å². The molecule has 2 aromatic carbocycles. The SMILES string of the molecule is O=C1CCc2cccc(OCCCC3CC(Cc4ccccc4)CCN3)c2N1. The van der Waals surface area contributed by atoms with E-state index < -0.39 is 0 Å². The summed E-state index contributed by atoms with van der Waals surface area (Å²) in [6.45, 7) is 1.80. The summed E-state index contributed by atoms with van der Waals surface area (Å²) in [5.74, 6) is 1.66. The second-order valence-electron chi connectivity index (χ2n) is 8.06. The molecule has 148 valence electrons. The molecule has 28 heavy (non-hydrogen) atoms. The minimum atomic E-state index is 0.0828. The number of para-hydroxylation sites is 1. The summed E-state index contributed by atoms with van der Waals surface area (Å²) < 4.78 is 6.02. The van der Waals surface area contributed by atoms with Crippen molar-refractivity contribution in [3.63, 3.8) is 0 Å². The molecule has 1 fully saturated rings. The molecule has 0 aromatic heterocycles. The Bertz CT molecular complexity index is 790. The molecule has 0 saturated carbocycles. The zero-order chi connectivity index (χ0) is 19.2. The number of carbonyl (C=O) groups excluding carboxylic acids is 1. The first-order valence-corrected chi connectivity index (χ1v) is 10.6. The number of amides is 1. The lowest BCUT2D eigenvalue weighted by molar-refractivity contribution is -0.116. The Morgan fingerprint density at radius 2 is 1.93 bits per heavy atom. The predicted octanol–water partition coefficient (Wildman–Crippen LogP) is 4.34. The highest BCUT2D eigenvalue weighted by Crippen LogP contribution is 2.32. The first kappa shape index (κ1) is 19.0. The third-order valence-corrected chi connectivity index (χ3v) is 5.92. The fourth-order valence-corrected chi connectivity index (χ4v) is 4.46. The molecule has 2 aromatic rings. The maximum atomic E-state index is 11.7. The van der Waals surface area contributed by atoms with Crippen LogP contribution in [0.1, 0.15) is 43.2 Å². The number of benzene rings is 2. The van der Waals surface area contributed by atoms with E-state index in [-0.39, 0.29) is 5.91 Å². The van der Waals surface area contributed by atoms with Crippen LogP contribution in [0.4, 0.5) is 5.69 Å². The normalized spacial score (nSPS) is 21.6. The number of fused-ring (bicyclic) bond motifs is 1. The molecule has 2 aliphatic rings. The largest absolute Gasteiger partial charge is 0.491 e. The molecule has 4 rings (SSSR count). The highest BCUT2D eigenvalue weighted by molar-refractivity contribution is 5.95. The summed E-state index contributed by atoms with van der Waals surface area (Å²) in [5.41, 5.74) is 3.50. The second-order valence-corrected chi connectivity index (χ2v) is 8.06. The highest BCUT2D eigenvalue weighted by Gasteiger charge is 2.22. The van der Waals surface area contributed by atoms with Gasteiger partial charge in [-0.25, -0.2) is 0 Å². The van der Waals surface area contributed by atoms with Crippen LogP contribution in [0.2, 0.25) is 0 Å². The van der Waals surface area contributed by atoms with Crippen LogP contribution in [0.3, 0.4) is 0 Å². The van der Waals surface area contributed by atoms with E-state index in [1.54, 1.807) is 0 Å². The summed E-state index contributed by atoms with van der Waals surface area (Å²) in [5, 5.41) is 6.65. The highest BCUT2D eigenvalue weighted by atomic mass is 16.5. The summed E-state index contributed by atoms with van der Waals surface area (Å²) in [4.78, 5) is 11.7. The van der Waals surface area contributed by atoms with Gasteiger partial charge < -0.3 is 15.4 Å². The number of rotatable bonds is 7. The molecule has 2 N–H and O–H groups in total. The van der Waals surface area contributed by atoms with Crippen LogP contribution in [0.5, 0.6) is 5.75 Å². The fourth-order valence-electron chi connectivity index (χ4n) is 4.46. The molecule has 0 bridgehead atoms. The molecule has 2 atom stereocenters. The molecular formula is C24H30N2O2. The minimum absolute atomic E-state index is 0.0828. The molecule has 2 unspecified atom stereocenters. The maximum Gasteiger partial charge on any atom is 0.224 e. The van der Waals surface area contributed by atoms with E-state index in [0.29, 0.717) is 19.1 Å². The molecule has 0 spiro atoms. The molecule has 4 heteroatoms. The minimum Gasteiger partial charge on any atom is -0.491 e. The van der Waals surface area contributed by atoms with E-state index >= 15 is 0 Å². The Morgan fingerprint density at radius 3 is 2.82 bits per heavy atom. The van der Waals surface area contributed by atoms with Gasteiger partial charge in [0.15, 0.2) is 0 Å². The lowest BCUT2D eigenvalue weighted by Gasteiger charge is -2.30.